The molecular formula is C16H13F3N4O. The van der Waals surface area contributed by atoms with E-state index in [2.05, 4.69) is 15.3 Å². The number of fused-ring (bicyclic) bond motifs is 1. The van der Waals surface area contributed by atoms with Crippen LogP contribution in [0.5, 0.6) is 0 Å². The quantitative estimate of drug-likeness (QED) is 0.780. The number of benzene rings is 1. The van der Waals surface area contributed by atoms with Crippen LogP contribution in [0.25, 0.3) is 11.0 Å². The Labute approximate surface area is 135 Å². The van der Waals surface area contributed by atoms with E-state index in [1.807, 2.05) is 18.5 Å². The van der Waals surface area contributed by atoms with Gasteiger partial charge in [0.05, 0.1) is 16.6 Å². The fourth-order valence-electron chi connectivity index (χ4n) is 2.41. The van der Waals surface area contributed by atoms with E-state index >= 15 is 0 Å². The van der Waals surface area contributed by atoms with E-state index < -0.39 is 23.3 Å². The smallest absolute Gasteiger partial charge is 0.331 e. The second-order valence-corrected chi connectivity index (χ2v) is 5.27. The van der Waals surface area contributed by atoms with Crippen molar-refractivity contribution in [2.75, 3.05) is 5.32 Å². The predicted octanol–water partition coefficient (Wildman–Crippen LogP) is 3.55. The summed E-state index contributed by atoms with van der Waals surface area (Å²) in [7, 11) is 1.86. The minimum absolute atomic E-state index is 0.363. The number of pyridine rings is 1. The first-order valence-corrected chi connectivity index (χ1v) is 7.04. The Balaban J connectivity index is 1.93. The Hall–Kier alpha value is -2.90. The average molecular weight is 334 g/mol. The maximum absolute atomic E-state index is 12.9. The molecule has 0 spiro atoms. The average Bonchev–Trinajstić information content (AvgIpc) is 2.81. The first kappa shape index (κ1) is 16.0. The molecule has 3 aromatic rings. The number of imidazole rings is 1. The molecule has 0 unspecified atom stereocenters. The second-order valence-electron chi connectivity index (χ2n) is 5.27. The molecule has 2 heterocycles. The van der Waals surface area contributed by atoms with Crippen LogP contribution in [-0.2, 0) is 13.2 Å². The number of aryl methyl sites for hydroxylation is 2. The number of nitrogens with zero attached hydrogens (tertiary/aromatic N) is 3. The summed E-state index contributed by atoms with van der Waals surface area (Å²) in [6.07, 6.45) is -3.70. The van der Waals surface area contributed by atoms with Gasteiger partial charge in [0.1, 0.15) is 5.82 Å². The van der Waals surface area contributed by atoms with Gasteiger partial charge in [0, 0.05) is 18.9 Å². The van der Waals surface area contributed by atoms with Gasteiger partial charge in [-0.25, -0.2) is 4.98 Å². The number of amides is 1. The van der Waals surface area contributed by atoms with Gasteiger partial charge in [-0.05, 0) is 37.3 Å². The molecule has 1 N–H and O–H groups in total. The first-order chi connectivity index (χ1) is 11.3. The normalized spacial score (nSPS) is 11.7. The highest BCUT2D eigenvalue weighted by molar-refractivity contribution is 6.05. The summed E-state index contributed by atoms with van der Waals surface area (Å²) in [6, 6.07) is 7.36. The Morgan fingerprint density at radius 1 is 1.25 bits per heavy atom. The molecule has 8 heteroatoms. The van der Waals surface area contributed by atoms with Crippen molar-refractivity contribution in [1.29, 1.82) is 0 Å². The second kappa shape index (κ2) is 5.63. The summed E-state index contributed by atoms with van der Waals surface area (Å²) in [5, 5.41) is 2.46. The number of halogens is 3. The lowest BCUT2D eigenvalue weighted by Crippen LogP contribution is -2.20. The molecule has 1 aromatic carbocycles. The molecule has 1 amide bonds. The van der Waals surface area contributed by atoms with Crippen LogP contribution in [-0.4, -0.2) is 20.4 Å². The maximum Gasteiger partial charge on any atom is 0.434 e. The number of hydrogen-bond acceptors (Lipinski definition) is 3. The molecule has 0 bridgehead atoms. The summed E-state index contributed by atoms with van der Waals surface area (Å²) in [4.78, 5) is 19.8. The van der Waals surface area contributed by atoms with Gasteiger partial charge in [0.2, 0.25) is 0 Å². The van der Waals surface area contributed by atoms with Crippen molar-refractivity contribution in [2.24, 2.45) is 7.05 Å². The van der Waals surface area contributed by atoms with Gasteiger partial charge in [-0.1, -0.05) is 0 Å². The van der Waals surface area contributed by atoms with E-state index in [0.717, 1.165) is 23.6 Å². The van der Waals surface area contributed by atoms with Crippen molar-refractivity contribution >= 4 is 22.6 Å². The van der Waals surface area contributed by atoms with Crippen LogP contribution in [0, 0.1) is 6.92 Å². The largest absolute Gasteiger partial charge is 0.434 e. The SMILES string of the molecule is Cc1nc2cc(NC(=O)c3cccnc3C(F)(F)F)ccc2n1C. The Morgan fingerprint density at radius 3 is 2.71 bits per heavy atom. The summed E-state index contributed by atoms with van der Waals surface area (Å²) in [6.45, 7) is 1.84. The van der Waals surface area contributed by atoms with Crippen molar-refractivity contribution in [3.8, 4) is 0 Å². The van der Waals surface area contributed by atoms with Crippen molar-refractivity contribution in [3.63, 3.8) is 0 Å². The summed E-state index contributed by atoms with van der Waals surface area (Å²) >= 11 is 0. The van der Waals surface area contributed by atoms with Gasteiger partial charge in [0.15, 0.2) is 5.69 Å². The summed E-state index contributed by atoms with van der Waals surface area (Å²) in [5.74, 6) is -0.0810. The molecule has 24 heavy (non-hydrogen) atoms. The number of carbonyl (C=O) groups excluding carboxylic acids is 1. The van der Waals surface area contributed by atoms with E-state index in [1.165, 1.54) is 6.07 Å². The molecule has 3 rings (SSSR count). The number of alkyl halides is 3. The molecule has 124 valence electrons. The number of anilines is 1. The topological polar surface area (TPSA) is 59.8 Å². The highest BCUT2D eigenvalue weighted by Crippen LogP contribution is 2.30. The summed E-state index contributed by atoms with van der Waals surface area (Å²) < 4.78 is 40.7. The van der Waals surface area contributed by atoms with E-state index in [-0.39, 0.29) is 0 Å². The first-order valence-electron chi connectivity index (χ1n) is 7.04. The zero-order chi connectivity index (χ0) is 17.5. The number of carbonyl (C=O) groups is 1. The zero-order valence-corrected chi connectivity index (χ0v) is 12.8. The number of aromatic nitrogens is 3. The van der Waals surface area contributed by atoms with Gasteiger partial charge >= 0.3 is 6.18 Å². The molecule has 0 saturated heterocycles. The Kier molecular flexibility index (Phi) is 3.75. The molecule has 0 saturated carbocycles. The van der Waals surface area contributed by atoms with Crippen molar-refractivity contribution in [2.45, 2.75) is 13.1 Å². The van der Waals surface area contributed by atoms with E-state index in [0.29, 0.717) is 11.2 Å². The Morgan fingerprint density at radius 2 is 2.00 bits per heavy atom. The highest BCUT2D eigenvalue weighted by Gasteiger charge is 2.36. The predicted molar refractivity (Wildman–Crippen MR) is 82.6 cm³/mol. The fourth-order valence-corrected chi connectivity index (χ4v) is 2.41. The number of hydrogen-bond donors (Lipinski definition) is 1. The van der Waals surface area contributed by atoms with Crippen LogP contribution < -0.4 is 5.32 Å². The zero-order valence-electron chi connectivity index (χ0n) is 12.8. The Bertz CT molecular complexity index is 931. The molecule has 0 aliphatic rings. The van der Waals surface area contributed by atoms with Crippen LogP contribution in [0.1, 0.15) is 21.9 Å². The van der Waals surface area contributed by atoms with Crippen LogP contribution in [0.15, 0.2) is 36.5 Å². The van der Waals surface area contributed by atoms with Gasteiger partial charge in [-0.3, -0.25) is 9.78 Å². The van der Waals surface area contributed by atoms with Gasteiger partial charge in [-0.2, -0.15) is 13.2 Å². The van der Waals surface area contributed by atoms with Crippen LogP contribution in [0.3, 0.4) is 0 Å². The highest BCUT2D eigenvalue weighted by atomic mass is 19.4. The molecular weight excluding hydrogens is 321 g/mol. The monoisotopic (exact) mass is 334 g/mol. The third kappa shape index (κ3) is 2.82. The lowest BCUT2D eigenvalue weighted by atomic mass is 10.1. The van der Waals surface area contributed by atoms with Gasteiger partial charge in [0.25, 0.3) is 5.91 Å². The van der Waals surface area contributed by atoms with E-state index in [9.17, 15) is 18.0 Å². The van der Waals surface area contributed by atoms with E-state index in [4.69, 9.17) is 0 Å². The molecule has 0 aliphatic heterocycles. The molecule has 0 radical (unpaired) electrons. The number of rotatable bonds is 2. The molecule has 0 fully saturated rings. The number of nitrogens with one attached hydrogen (secondary N) is 1. The van der Waals surface area contributed by atoms with Crippen LogP contribution in [0.2, 0.25) is 0 Å². The van der Waals surface area contributed by atoms with Crippen molar-refractivity contribution < 1.29 is 18.0 Å². The standard InChI is InChI=1S/C16H13F3N4O/c1-9-21-12-8-10(5-6-13(12)23(9)2)22-15(24)11-4-3-7-20-14(11)16(17,18)19/h3-8H,1-2H3,(H,22,24). The molecule has 0 aliphatic carbocycles. The third-order valence-corrected chi connectivity index (χ3v) is 3.68. The molecule has 5 nitrogen and oxygen atoms in total. The van der Waals surface area contributed by atoms with Gasteiger partial charge < -0.3 is 9.88 Å². The minimum atomic E-state index is -4.70. The molecule has 2 aromatic heterocycles. The molecule has 0 atom stereocenters. The lowest BCUT2D eigenvalue weighted by Gasteiger charge is -2.11. The van der Waals surface area contributed by atoms with Crippen molar-refractivity contribution in [3.05, 3.63) is 53.6 Å². The maximum atomic E-state index is 12.9. The van der Waals surface area contributed by atoms with Crippen LogP contribution in [0.4, 0.5) is 18.9 Å². The fraction of sp³-hybridized carbons (Fsp3) is 0.188. The van der Waals surface area contributed by atoms with Crippen molar-refractivity contribution in [1.82, 2.24) is 14.5 Å². The minimum Gasteiger partial charge on any atom is -0.331 e. The van der Waals surface area contributed by atoms with Crippen LogP contribution >= 0.6 is 0 Å². The third-order valence-electron chi connectivity index (χ3n) is 3.68. The summed E-state index contributed by atoms with van der Waals surface area (Å²) in [5.41, 5.74) is 0.139. The van der Waals surface area contributed by atoms with E-state index in [1.54, 1.807) is 18.2 Å². The van der Waals surface area contributed by atoms with Gasteiger partial charge in [-0.15, -0.1) is 0 Å². The lowest BCUT2D eigenvalue weighted by molar-refractivity contribution is -0.141.